The van der Waals surface area contributed by atoms with Crippen LogP contribution >= 0.6 is 0 Å². The van der Waals surface area contributed by atoms with Crippen molar-refractivity contribution in [1.29, 1.82) is 0 Å². The molecule has 0 aromatic rings. The van der Waals surface area contributed by atoms with E-state index in [9.17, 15) is 35.1 Å². The van der Waals surface area contributed by atoms with Gasteiger partial charge in [-0.1, -0.05) is 260 Å². The van der Waals surface area contributed by atoms with Crippen LogP contribution in [0.1, 0.15) is 296 Å². The second-order valence-electron chi connectivity index (χ2n) is 22.8. The van der Waals surface area contributed by atoms with Gasteiger partial charge >= 0.3 is 5.97 Å². The smallest absolute Gasteiger partial charge is 0.305 e. The molecule has 0 aliphatic carbocycles. The second-order valence-corrected chi connectivity index (χ2v) is 22.8. The van der Waals surface area contributed by atoms with Crippen LogP contribution in [0.3, 0.4) is 0 Å². The first-order valence-corrected chi connectivity index (χ1v) is 33.0. The number of hydrogen-bond acceptors (Lipinski definition) is 10. The lowest BCUT2D eigenvalue weighted by Gasteiger charge is -2.40. The summed E-state index contributed by atoms with van der Waals surface area (Å²) < 4.78 is 16.7. The third-order valence-corrected chi connectivity index (χ3v) is 15.4. The van der Waals surface area contributed by atoms with Crippen molar-refractivity contribution in [2.45, 2.75) is 339 Å². The zero-order chi connectivity index (χ0) is 57.3. The van der Waals surface area contributed by atoms with Crippen LogP contribution in [0.5, 0.6) is 0 Å². The lowest BCUT2D eigenvalue weighted by molar-refractivity contribution is -0.302. The summed E-state index contributed by atoms with van der Waals surface area (Å²) in [5.41, 5.74) is 0. The van der Waals surface area contributed by atoms with Crippen molar-refractivity contribution in [3.05, 3.63) is 60.8 Å². The van der Waals surface area contributed by atoms with E-state index >= 15 is 0 Å². The van der Waals surface area contributed by atoms with Crippen LogP contribution in [-0.2, 0) is 23.8 Å². The number of nitrogens with one attached hydrogen (secondary N) is 1. The molecule has 1 heterocycles. The topological polar surface area (TPSA) is 175 Å². The molecule has 6 N–H and O–H groups in total. The Hall–Kier alpha value is -2.64. The van der Waals surface area contributed by atoms with E-state index in [-0.39, 0.29) is 18.5 Å². The standard InChI is InChI=1S/C68H123NO10/c1-3-5-7-9-11-13-35-40-44-48-52-56-64(73)77-57-53-49-45-41-37-34-32-30-28-26-24-22-20-18-16-14-15-17-19-21-23-25-27-29-31-33-36-39-43-47-51-55-63(72)69-60(61(71)54-50-46-42-38-12-10-8-6-4-2)59-78-68-67(76)66(75)65(74)62(58-70)79-68/h4,6,12,16,18,22,24,38,50,54,60-62,65-68,70-71,74-76H,3,5,7-11,13-15,17,19-21,23,25-37,39-49,51-53,55-59H2,1-2H3,(H,69,72)/b6-4+,18-16-,24-22-,38-12+,54-50+. The summed E-state index contributed by atoms with van der Waals surface area (Å²) in [5, 5.41) is 54.2. The third kappa shape index (κ3) is 46.5. The number of aliphatic hydroxyl groups excluding tert-OH is 5. The first-order chi connectivity index (χ1) is 38.7. The Morgan fingerprint density at radius 3 is 1.39 bits per heavy atom. The van der Waals surface area contributed by atoms with E-state index in [4.69, 9.17) is 14.2 Å². The largest absolute Gasteiger partial charge is 0.466 e. The molecule has 7 atom stereocenters. The molecule has 0 bridgehead atoms. The maximum atomic E-state index is 13.0. The molecular formula is C68H123NO10. The molecule has 1 amide bonds. The van der Waals surface area contributed by atoms with Gasteiger partial charge in [0, 0.05) is 12.8 Å². The first-order valence-electron chi connectivity index (χ1n) is 33.0. The quantitative estimate of drug-likeness (QED) is 0.0195. The van der Waals surface area contributed by atoms with Gasteiger partial charge in [-0.3, -0.25) is 9.59 Å². The Morgan fingerprint density at radius 1 is 0.494 bits per heavy atom. The molecule has 460 valence electrons. The van der Waals surface area contributed by atoms with Crippen molar-refractivity contribution in [3.63, 3.8) is 0 Å². The van der Waals surface area contributed by atoms with Gasteiger partial charge in [0.25, 0.3) is 0 Å². The summed E-state index contributed by atoms with van der Waals surface area (Å²) in [6.07, 6.45) is 65.3. The Balaban J connectivity index is 1.95. The molecule has 11 nitrogen and oxygen atoms in total. The molecule has 79 heavy (non-hydrogen) atoms. The number of carbonyl (C=O) groups is 2. The number of hydrogen-bond donors (Lipinski definition) is 6. The molecule has 1 rings (SSSR count). The summed E-state index contributed by atoms with van der Waals surface area (Å²) in [4.78, 5) is 25.0. The predicted molar refractivity (Wildman–Crippen MR) is 329 cm³/mol. The van der Waals surface area contributed by atoms with Gasteiger partial charge in [-0.15, -0.1) is 0 Å². The second kappa shape index (κ2) is 57.2. The monoisotopic (exact) mass is 1110 g/mol. The van der Waals surface area contributed by atoms with Gasteiger partial charge in [-0.2, -0.15) is 0 Å². The highest BCUT2D eigenvalue weighted by Crippen LogP contribution is 2.23. The molecule has 1 aliphatic rings. The van der Waals surface area contributed by atoms with Crippen molar-refractivity contribution in [2.24, 2.45) is 0 Å². The Kier molecular flexibility index (Phi) is 53.8. The Labute approximate surface area is 484 Å². The maximum Gasteiger partial charge on any atom is 0.305 e. The van der Waals surface area contributed by atoms with Crippen molar-refractivity contribution in [2.75, 3.05) is 19.8 Å². The van der Waals surface area contributed by atoms with Crippen molar-refractivity contribution < 1.29 is 49.3 Å². The molecule has 0 saturated carbocycles. The van der Waals surface area contributed by atoms with Crippen molar-refractivity contribution in [3.8, 4) is 0 Å². The minimum Gasteiger partial charge on any atom is -0.466 e. The van der Waals surface area contributed by atoms with Crippen LogP contribution in [0, 0.1) is 0 Å². The molecule has 1 fully saturated rings. The van der Waals surface area contributed by atoms with Crippen LogP contribution < -0.4 is 5.32 Å². The van der Waals surface area contributed by atoms with Crippen LogP contribution in [0.15, 0.2) is 60.8 Å². The fourth-order valence-corrected chi connectivity index (χ4v) is 10.2. The van der Waals surface area contributed by atoms with E-state index in [1.54, 1.807) is 6.08 Å². The molecule has 1 saturated heterocycles. The van der Waals surface area contributed by atoms with E-state index in [2.05, 4.69) is 54.8 Å². The average molecular weight is 1110 g/mol. The van der Waals surface area contributed by atoms with Gasteiger partial charge in [-0.25, -0.2) is 0 Å². The highest BCUT2D eigenvalue weighted by Gasteiger charge is 2.44. The number of amides is 1. The number of carbonyl (C=O) groups excluding carboxylic acids is 2. The van der Waals surface area contributed by atoms with Gasteiger partial charge in [-0.05, 0) is 84.0 Å². The number of aliphatic hydroxyl groups is 5. The van der Waals surface area contributed by atoms with E-state index in [0.29, 0.717) is 19.4 Å². The number of esters is 1. The van der Waals surface area contributed by atoms with Gasteiger partial charge in [0.2, 0.25) is 5.91 Å². The van der Waals surface area contributed by atoms with E-state index < -0.39 is 49.5 Å². The lowest BCUT2D eigenvalue weighted by Crippen LogP contribution is -2.60. The molecule has 0 spiro atoms. The third-order valence-electron chi connectivity index (χ3n) is 15.4. The normalized spacial score (nSPS) is 18.8. The minimum atomic E-state index is -1.58. The summed E-state index contributed by atoms with van der Waals surface area (Å²) in [6.45, 7) is 4.09. The highest BCUT2D eigenvalue weighted by atomic mass is 16.7. The Bertz CT molecular complexity index is 1500. The number of rotatable bonds is 57. The Morgan fingerprint density at radius 2 is 0.911 bits per heavy atom. The van der Waals surface area contributed by atoms with Crippen molar-refractivity contribution >= 4 is 11.9 Å². The molecule has 0 radical (unpaired) electrons. The molecule has 1 aliphatic heterocycles. The van der Waals surface area contributed by atoms with Crippen LogP contribution in [-0.4, -0.2) is 100 Å². The molecule has 7 unspecified atom stereocenters. The zero-order valence-corrected chi connectivity index (χ0v) is 50.8. The summed E-state index contributed by atoms with van der Waals surface area (Å²) >= 11 is 0. The first kappa shape index (κ1) is 74.4. The van der Waals surface area contributed by atoms with Crippen LogP contribution in [0.4, 0.5) is 0 Å². The molecule has 0 aromatic heterocycles. The molecular weight excluding hydrogens is 991 g/mol. The molecule has 0 aromatic carbocycles. The van der Waals surface area contributed by atoms with Gasteiger partial charge in [0.1, 0.15) is 24.4 Å². The van der Waals surface area contributed by atoms with Gasteiger partial charge in [0.15, 0.2) is 6.29 Å². The van der Waals surface area contributed by atoms with E-state index in [0.717, 1.165) is 70.6 Å². The fourth-order valence-electron chi connectivity index (χ4n) is 10.2. The summed E-state index contributed by atoms with van der Waals surface area (Å²) in [6, 6.07) is -0.833. The highest BCUT2D eigenvalue weighted by molar-refractivity contribution is 5.76. The van der Waals surface area contributed by atoms with E-state index in [1.807, 2.05) is 19.1 Å². The summed E-state index contributed by atoms with van der Waals surface area (Å²) in [7, 11) is 0. The lowest BCUT2D eigenvalue weighted by atomic mass is 9.99. The number of ether oxygens (including phenoxy) is 3. The van der Waals surface area contributed by atoms with Gasteiger partial charge in [0.05, 0.1) is 32.0 Å². The fraction of sp³-hybridized carbons (Fsp3) is 0.824. The average Bonchev–Trinajstić information content (AvgIpc) is 3.49. The number of unbranched alkanes of at least 4 members (excludes halogenated alkanes) is 36. The van der Waals surface area contributed by atoms with Crippen molar-refractivity contribution in [1.82, 2.24) is 5.32 Å². The maximum absolute atomic E-state index is 13.0. The minimum absolute atomic E-state index is 0.00401. The van der Waals surface area contributed by atoms with E-state index in [1.165, 1.54) is 199 Å². The van der Waals surface area contributed by atoms with Crippen LogP contribution in [0.2, 0.25) is 0 Å². The summed E-state index contributed by atoms with van der Waals surface area (Å²) in [5.74, 6) is -0.195. The predicted octanol–water partition coefficient (Wildman–Crippen LogP) is 16.2. The molecule has 11 heteroatoms. The number of allylic oxidation sites excluding steroid dienone is 9. The SMILES string of the molecule is C/C=C/CC/C=C/CC/C=C/C(O)C(COC1OC(CO)C(O)C(O)C1O)NC(=O)CCCCCCCCCCCCCCCCC/C=C\C/C=C\CCCCCCCCCCCOC(=O)CCCCCCCCCCCCC. The van der Waals surface area contributed by atoms with Crippen LogP contribution in [0.25, 0.3) is 0 Å². The van der Waals surface area contributed by atoms with Gasteiger partial charge < -0.3 is 45.1 Å². The zero-order valence-electron chi connectivity index (χ0n) is 50.8.